The standard InChI is InChI=1S/C27H36N4O5/c1-4-18-12-20(11-17(2)25(18)35-16-22(33)15-28-9-10-32)26-30-27(36-31-26)21-13-23(19-7-5-6-8-19)29-24(14-21)34-3/h11-14,19,22,28,32-33H,4-10,15-16H2,1-3H3/t22-/m0/s1. The van der Waals surface area contributed by atoms with Crippen molar-refractivity contribution in [3.8, 4) is 34.5 Å². The first-order valence-electron chi connectivity index (χ1n) is 12.7. The maximum atomic E-state index is 10.1. The number of nitrogens with zero attached hydrogens (tertiary/aromatic N) is 3. The number of benzene rings is 1. The Morgan fingerprint density at radius 3 is 2.67 bits per heavy atom. The number of rotatable bonds is 12. The van der Waals surface area contributed by atoms with Crippen LogP contribution in [0.5, 0.6) is 11.6 Å². The summed E-state index contributed by atoms with van der Waals surface area (Å²) in [6.45, 7) is 5.00. The highest BCUT2D eigenvalue weighted by Gasteiger charge is 2.22. The van der Waals surface area contributed by atoms with E-state index in [2.05, 4.69) is 27.4 Å². The molecule has 0 radical (unpaired) electrons. The summed E-state index contributed by atoms with van der Waals surface area (Å²) in [7, 11) is 1.62. The van der Waals surface area contributed by atoms with Crippen LogP contribution >= 0.6 is 0 Å². The molecule has 1 fully saturated rings. The predicted molar refractivity (Wildman–Crippen MR) is 136 cm³/mol. The number of ether oxygens (including phenoxy) is 2. The molecule has 0 spiro atoms. The first-order valence-corrected chi connectivity index (χ1v) is 12.7. The maximum absolute atomic E-state index is 10.1. The molecule has 1 aliphatic carbocycles. The Bertz CT molecular complexity index is 1140. The van der Waals surface area contributed by atoms with Crippen LogP contribution in [0.3, 0.4) is 0 Å². The number of aryl methyl sites for hydroxylation is 2. The molecule has 4 rings (SSSR count). The molecule has 3 N–H and O–H groups in total. The molecule has 9 heteroatoms. The SMILES string of the molecule is CCc1cc(-c2noc(-c3cc(OC)nc(C4CCCC4)c3)n2)cc(C)c1OC[C@@H](O)CNCCO. The lowest BCUT2D eigenvalue weighted by atomic mass is 10.0. The topological polar surface area (TPSA) is 123 Å². The van der Waals surface area contributed by atoms with Crippen LogP contribution < -0.4 is 14.8 Å². The molecule has 0 bridgehead atoms. The molecule has 0 saturated heterocycles. The Balaban J connectivity index is 1.54. The Morgan fingerprint density at radius 1 is 1.14 bits per heavy atom. The van der Waals surface area contributed by atoms with Gasteiger partial charge in [-0.3, -0.25) is 0 Å². The van der Waals surface area contributed by atoms with Crippen molar-refractivity contribution < 1.29 is 24.2 Å². The number of hydrogen-bond acceptors (Lipinski definition) is 9. The van der Waals surface area contributed by atoms with Crippen LogP contribution in [0.25, 0.3) is 22.8 Å². The van der Waals surface area contributed by atoms with Crippen molar-refractivity contribution in [1.82, 2.24) is 20.4 Å². The Morgan fingerprint density at radius 2 is 1.94 bits per heavy atom. The third-order valence-corrected chi connectivity index (χ3v) is 6.56. The zero-order valence-corrected chi connectivity index (χ0v) is 21.3. The van der Waals surface area contributed by atoms with E-state index >= 15 is 0 Å². The minimum Gasteiger partial charge on any atom is -0.490 e. The van der Waals surface area contributed by atoms with E-state index in [1.807, 2.05) is 31.2 Å². The first kappa shape index (κ1) is 26.1. The van der Waals surface area contributed by atoms with Gasteiger partial charge in [0, 0.05) is 41.9 Å². The summed E-state index contributed by atoms with van der Waals surface area (Å²) in [6, 6.07) is 7.84. The fraction of sp³-hybridized carbons (Fsp3) is 0.519. The molecule has 2 heterocycles. The number of aromatic nitrogens is 3. The van der Waals surface area contributed by atoms with Crippen LogP contribution in [0.2, 0.25) is 0 Å². The Kier molecular flexibility index (Phi) is 8.90. The molecule has 194 valence electrons. The Hall–Kier alpha value is -3.01. The van der Waals surface area contributed by atoms with Gasteiger partial charge in [0.1, 0.15) is 18.5 Å². The van der Waals surface area contributed by atoms with Crippen LogP contribution in [-0.4, -0.2) is 64.9 Å². The lowest BCUT2D eigenvalue weighted by Gasteiger charge is -2.17. The van der Waals surface area contributed by atoms with Crippen LogP contribution in [0, 0.1) is 6.92 Å². The van der Waals surface area contributed by atoms with Gasteiger partial charge in [-0.2, -0.15) is 4.98 Å². The van der Waals surface area contributed by atoms with Gasteiger partial charge in [0.15, 0.2) is 0 Å². The molecule has 0 unspecified atom stereocenters. The van der Waals surface area contributed by atoms with E-state index in [0.717, 1.165) is 53.0 Å². The molecule has 3 aromatic rings. The zero-order chi connectivity index (χ0) is 25.5. The Labute approximate surface area is 211 Å². The molecule has 1 atom stereocenters. The van der Waals surface area contributed by atoms with Gasteiger partial charge in [-0.05, 0) is 55.5 Å². The minimum absolute atomic E-state index is 0.0301. The molecule has 36 heavy (non-hydrogen) atoms. The third kappa shape index (κ3) is 6.21. The lowest BCUT2D eigenvalue weighted by Crippen LogP contribution is -2.33. The molecule has 1 aromatic carbocycles. The first-order chi connectivity index (χ1) is 17.5. The summed E-state index contributed by atoms with van der Waals surface area (Å²) in [5.74, 6) is 2.67. The van der Waals surface area contributed by atoms with Gasteiger partial charge in [0.25, 0.3) is 5.89 Å². The normalized spacial score (nSPS) is 14.8. The minimum atomic E-state index is -0.674. The van der Waals surface area contributed by atoms with Crippen molar-refractivity contribution in [2.45, 2.75) is 58.0 Å². The second kappa shape index (κ2) is 12.3. The van der Waals surface area contributed by atoms with Crippen molar-refractivity contribution in [2.75, 3.05) is 33.4 Å². The highest BCUT2D eigenvalue weighted by atomic mass is 16.5. The smallest absolute Gasteiger partial charge is 0.258 e. The van der Waals surface area contributed by atoms with Gasteiger partial charge in [-0.1, -0.05) is 24.9 Å². The van der Waals surface area contributed by atoms with E-state index in [4.69, 9.17) is 19.1 Å². The predicted octanol–water partition coefficient (Wildman–Crippen LogP) is 3.66. The second-order valence-corrected chi connectivity index (χ2v) is 9.26. The van der Waals surface area contributed by atoms with Gasteiger partial charge in [0.05, 0.1) is 13.7 Å². The summed E-state index contributed by atoms with van der Waals surface area (Å²) < 4.78 is 17.1. The summed E-state index contributed by atoms with van der Waals surface area (Å²) in [4.78, 5) is 9.35. The van der Waals surface area contributed by atoms with E-state index in [1.54, 1.807) is 7.11 Å². The zero-order valence-electron chi connectivity index (χ0n) is 21.3. The molecule has 0 aliphatic heterocycles. The molecular weight excluding hydrogens is 460 g/mol. The van der Waals surface area contributed by atoms with Crippen LogP contribution in [0.1, 0.15) is 55.3 Å². The molecule has 0 amide bonds. The highest BCUT2D eigenvalue weighted by molar-refractivity contribution is 5.64. The van der Waals surface area contributed by atoms with Crippen molar-refractivity contribution in [1.29, 1.82) is 0 Å². The largest absolute Gasteiger partial charge is 0.490 e. The van der Waals surface area contributed by atoms with E-state index < -0.39 is 6.10 Å². The summed E-state index contributed by atoms with van der Waals surface area (Å²) in [5, 5.41) is 26.2. The second-order valence-electron chi connectivity index (χ2n) is 9.26. The average molecular weight is 497 g/mol. The van der Waals surface area contributed by atoms with Gasteiger partial charge in [-0.15, -0.1) is 0 Å². The number of pyridine rings is 1. The van der Waals surface area contributed by atoms with Gasteiger partial charge in [-0.25, -0.2) is 4.98 Å². The lowest BCUT2D eigenvalue weighted by molar-refractivity contribution is 0.104. The van der Waals surface area contributed by atoms with Crippen molar-refractivity contribution in [2.24, 2.45) is 0 Å². The van der Waals surface area contributed by atoms with E-state index in [0.29, 0.717) is 36.6 Å². The van der Waals surface area contributed by atoms with Gasteiger partial charge < -0.3 is 29.5 Å². The monoisotopic (exact) mass is 496 g/mol. The van der Waals surface area contributed by atoms with E-state index in [9.17, 15) is 5.11 Å². The molecule has 1 aliphatic rings. The van der Waals surface area contributed by atoms with Crippen molar-refractivity contribution in [3.05, 3.63) is 41.1 Å². The van der Waals surface area contributed by atoms with E-state index in [-0.39, 0.29) is 13.2 Å². The third-order valence-electron chi connectivity index (χ3n) is 6.56. The highest BCUT2D eigenvalue weighted by Crippen LogP contribution is 2.36. The van der Waals surface area contributed by atoms with Crippen molar-refractivity contribution in [3.63, 3.8) is 0 Å². The quantitative estimate of drug-likeness (QED) is 0.322. The van der Waals surface area contributed by atoms with Crippen molar-refractivity contribution >= 4 is 0 Å². The number of aliphatic hydroxyl groups excluding tert-OH is 2. The van der Waals surface area contributed by atoms with Gasteiger partial charge in [0.2, 0.25) is 11.7 Å². The number of methoxy groups -OCH3 is 1. The molecule has 2 aromatic heterocycles. The van der Waals surface area contributed by atoms with Crippen LogP contribution in [0.15, 0.2) is 28.8 Å². The number of aliphatic hydroxyl groups is 2. The van der Waals surface area contributed by atoms with Crippen LogP contribution in [0.4, 0.5) is 0 Å². The number of nitrogens with one attached hydrogen (secondary N) is 1. The summed E-state index contributed by atoms with van der Waals surface area (Å²) in [6.07, 6.45) is 4.80. The average Bonchev–Trinajstić information content (AvgIpc) is 3.60. The summed E-state index contributed by atoms with van der Waals surface area (Å²) >= 11 is 0. The number of hydrogen-bond donors (Lipinski definition) is 3. The molecule has 1 saturated carbocycles. The maximum Gasteiger partial charge on any atom is 0.258 e. The van der Waals surface area contributed by atoms with Crippen LogP contribution in [-0.2, 0) is 6.42 Å². The molecular formula is C27H36N4O5. The fourth-order valence-corrected chi connectivity index (χ4v) is 4.67. The molecule has 9 nitrogen and oxygen atoms in total. The van der Waals surface area contributed by atoms with Gasteiger partial charge >= 0.3 is 0 Å². The summed E-state index contributed by atoms with van der Waals surface area (Å²) in [5.41, 5.74) is 4.59. The van der Waals surface area contributed by atoms with E-state index in [1.165, 1.54) is 12.8 Å². The fourth-order valence-electron chi connectivity index (χ4n) is 4.67.